The Balaban J connectivity index is 1.77. The third-order valence-corrected chi connectivity index (χ3v) is 4.24. The van der Waals surface area contributed by atoms with E-state index in [1.165, 1.54) is 6.08 Å². The quantitative estimate of drug-likeness (QED) is 0.385. The highest BCUT2D eigenvalue weighted by molar-refractivity contribution is 6.07. The molecule has 1 saturated heterocycles. The van der Waals surface area contributed by atoms with Crippen molar-refractivity contribution in [3.05, 3.63) is 12.7 Å². The lowest BCUT2D eigenvalue weighted by atomic mass is 9.81. The SMILES string of the molecule is C=CCNC(=O)NC(=O)COC(=O)CN1C(=O)[C@@H]2CCCC[C@H]2C1=O. The van der Waals surface area contributed by atoms with Gasteiger partial charge < -0.3 is 10.1 Å². The number of likely N-dealkylation sites (tertiary alicyclic amines) is 1. The normalized spacial score (nSPS) is 22.2. The summed E-state index contributed by atoms with van der Waals surface area (Å²) in [6, 6.07) is -0.741. The molecule has 0 aromatic heterocycles. The molecule has 136 valence electrons. The van der Waals surface area contributed by atoms with Crippen LogP contribution in [0.1, 0.15) is 25.7 Å². The predicted octanol–water partition coefficient (Wildman–Crippen LogP) is -0.283. The summed E-state index contributed by atoms with van der Waals surface area (Å²) in [5, 5.41) is 4.28. The summed E-state index contributed by atoms with van der Waals surface area (Å²) in [5.74, 6) is -3.07. The van der Waals surface area contributed by atoms with Gasteiger partial charge in [0, 0.05) is 6.54 Å². The van der Waals surface area contributed by atoms with Gasteiger partial charge in [0.1, 0.15) is 6.54 Å². The van der Waals surface area contributed by atoms with Crippen LogP contribution in [0.25, 0.3) is 0 Å². The number of urea groups is 1. The van der Waals surface area contributed by atoms with Gasteiger partial charge in [0.15, 0.2) is 6.61 Å². The molecule has 1 aliphatic carbocycles. The Kier molecular flexibility index (Phi) is 6.26. The number of hydrogen-bond donors (Lipinski definition) is 2. The molecule has 1 saturated carbocycles. The largest absolute Gasteiger partial charge is 0.454 e. The zero-order chi connectivity index (χ0) is 18.4. The van der Waals surface area contributed by atoms with Crippen LogP contribution >= 0.6 is 0 Å². The van der Waals surface area contributed by atoms with E-state index in [0.717, 1.165) is 17.7 Å². The van der Waals surface area contributed by atoms with Gasteiger partial charge >= 0.3 is 12.0 Å². The second-order valence-corrected chi connectivity index (χ2v) is 5.97. The second-order valence-electron chi connectivity index (χ2n) is 5.97. The van der Waals surface area contributed by atoms with Crippen molar-refractivity contribution in [2.45, 2.75) is 25.7 Å². The fourth-order valence-electron chi connectivity index (χ4n) is 3.08. The number of esters is 1. The molecule has 0 bridgehead atoms. The van der Waals surface area contributed by atoms with E-state index in [2.05, 4.69) is 11.9 Å². The molecule has 0 radical (unpaired) electrons. The summed E-state index contributed by atoms with van der Waals surface area (Å²) in [6.07, 6.45) is 4.54. The van der Waals surface area contributed by atoms with Crippen molar-refractivity contribution < 1.29 is 28.7 Å². The van der Waals surface area contributed by atoms with Crippen LogP contribution in [0.4, 0.5) is 4.79 Å². The van der Waals surface area contributed by atoms with E-state index in [9.17, 15) is 24.0 Å². The van der Waals surface area contributed by atoms with E-state index in [4.69, 9.17) is 4.74 Å². The molecule has 2 atom stereocenters. The maximum absolute atomic E-state index is 12.2. The van der Waals surface area contributed by atoms with Gasteiger partial charge in [-0.05, 0) is 12.8 Å². The standard InChI is InChI=1S/C16H21N3O6/c1-2-7-17-16(24)18-12(20)9-25-13(21)8-19-14(22)10-5-3-4-6-11(10)15(19)23/h2,10-11H,1,3-9H2,(H2,17,18,20,24)/t10-,11-/m1/s1. The summed E-state index contributed by atoms with van der Waals surface area (Å²) in [4.78, 5) is 59.9. The fraction of sp³-hybridized carbons (Fsp3) is 0.562. The van der Waals surface area contributed by atoms with Crippen molar-refractivity contribution in [3.8, 4) is 0 Å². The molecule has 1 aliphatic heterocycles. The first-order valence-corrected chi connectivity index (χ1v) is 8.13. The van der Waals surface area contributed by atoms with E-state index in [-0.39, 0.29) is 30.2 Å². The number of imide groups is 2. The van der Waals surface area contributed by atoms with Crippen LogP contribution in [0, 0.1) is 11.8 Å². The molecule has 2 N–H and O–H groups in total. The Bertz CT molecular complexity index is 579. The van der Waals surface area contributed by atoms with Crippen LogP contribution in [0.3, 0.4) is 0 Å². The molecule has 2 fully saturated rings. The van der Waals surface area contributed by atoms with Crippen molar-refractivity contribution in [1.29, 1.82) is 0 Å². The van der Waals surface area contributed by atoms with Crippen molar-refractivity contribution >= 4 is 29.7 Å². The highest BCUT2D eigenvalue weighted by Gasteiger charge is 2.48. The van der Waals surface area contributed by atoms with Gasteiger partial charge in [0.25, 0.3) is 5.91 Å². The van der Waals surface area contributed by atoms with Gasteiger partial charge in [0.05, 0.1) is 11.8 Å². The summed E-state index contributed by atoms with van der Waals surface area (Å²) in [5.41, 5.74) is 0. The van der Waals surface area contributed by atoms with E-state index in [0.29, 0.717) is 12.8 Å². The number of nitrogens with zero attached hydrogens (tertiary/aromatic N) is 1. The highest BCUT2D eigenvalue weighted by atomic mass is 16.5. The third-order valence-electron chi connectivity index (χ3n) is 4.24. The molecular weight excluding hydrogens is 330 g/mol. The molecule has 2 aliphatic rings. The monoisotopic (exact) mass is 351 g/mol. The molecule has 25 heavy (non-hydrogen) atoms. The van der Waals surface area contributed by atoms with Gasteiger partial charge in [-0.15, -0.1) is 6.58 Å². The van der Waals surface area contributed by atoms with Gasteiger partial charge in [-0.1, -0.05) is 18.9 Å². The van der Waals surface area contributed by atoms with E-state index < -0.39 is 31.1 Å². The second kappa shape index (κ2) is 8.41. The highest BCUT2D eigenvalue weighted by Crippen LogP contribution is 2.37. The molecule has 9 nitrogen and oxygen atoms in total. The fourth-order valence-corrected chi connectivity index (χ4v) is 3.08. The number of nitrogens with one attached hydrogen (secondary N) is 2. The number of ether oxygens (including phenoxy) is 1. The minimum Gasteiger partial charge on any atom is -0.454 e. The zero-order valence-electron chi connectivity index (χ0n) is 13.8. The van der Waals surface area contributed by atoms with Crippen molar-refractivity contribution in [3.63, 3.8) is 0 Å². The molecule has 9 heteroatoms. The number of carbonyl (C=O) groups excluding carboxylic acids is 5. The Hall–Kier alpha value is -2.71. The number of amides is 5. The topological polar surface area (TPSA) is 122 Å². The Labute approximate surface area is 144 Å². The minimum atomic E-state index is -0.873. The van der Waals surface area contributed by atoms with Crippen LogP contribution in [0.15, 0.2) is 12.7 Å². The predicted molar refractivity (Wildman–Crippen MR) is 84.9 cm³/mol. The minimum absolute atomic E-state index is 0.181. The summed E-state index contributed by atoms with van der Waals surface area (Å²) < 4.78 is 4.72. The van der Waals surface area contributed by atoms with Crippen molar-refractivity contribution in [1.82, 2.24) is 15.5 Å². The molecule has 0 aromatic carbocycles. The van der Waals surface area contributed by atoms with Gasteiger partial charge in [-0.25, -0.2) is 4.79 Å². The van der Waals surface area contributed by atoms with Crippen LogP contribution in [0.5, 0.6) is 0 Å². The third kappa shape index (κ3) is 4.65. The molecule has 5 amide bonds. The van der Waals surface area contributed by atoms with Crippen LogP contribution in [-0.4, -0.2) is 54.3 Å². The Morgan fingerprint density at radius 1 is 1.16 bits per heavy atom. The zero-order valence-corrected chi connectivity index (χ0v) is 13.8. The van der Waals surface area contributed by atoms with Gasteiger partial charge in [-0.3, -0.25) is 29.4 Å². The number of carbonyl (C=O) groups is 5. The van der Waals surface area contributed by atoms with Crippen molar-refractivity contribution in [2.24, 2.45) is 11.8 Å². The van der Waals surface area contributed by atoms with E-state index in [1.54, 1.807) is 0 Å². The molecule has 0 unspecified atom stereocenters. The lowest BCUT2D eigenvalue weighted by Crippen LogP contribution is -2.42. The average Bonchev–Trinajstić information content (AvgIpc) is 2.83. The van der Waals surface area contributed by atoms with Crippen LogP contribution in [-0.2, 0) is 23.9 Å². The van der Waals surface area contributed by atoms with Crippen LogP contribution in [0.2, 0.25) is 0 Å². The summed E-state index contributed by atoms with van der Waals surface area (Å²) in [7, 11) is 0. The smallest absolute Gasteiger partial charge is 0.326 e. The van der Waals surface area contributed by atoms with E-state index in [1.807, 2.05) is 5.32 Å². The molecular formula is C16H21N3O6. The maximum atomic E-state index is 12.2. The van der Waals surface area contributed by atoms with Gasteiger partial charge in [0.2, 0.25) is 11.8 Å². The lowest BCUT2D eigenvalue weighted by Gasteiger charge is -2.19. The van der Waals surface area contributed by atoms with Crippen molar-refractivity contribution in [2.75, 3.05) is 19.7 Å². The molecule has 0 spiro atoms. The number of fused-ring (bicyclic) bond motifs is 1. The Morgan fingerprint density at radius 2 is 1.76 bits per heavy atom. The first-order chi connectivity index (χ1) is 11.9. The number of hydrogen-bond acceptors (Lipinski definition) is 6. The number of rotatable bonds is 6. The summed E-state index contributed by atoms with van der Waals surface area (Å²) in [6.45, 7) is 2.39. The molecule has 0 aromatic rings. The lowest BCUT2D eigenvalue weighted by molar-refractivity contribution is -0.154. The Morgan fingerprint density at radius 3 is 2.32 bits per heavy atom. The average molecular weight is 351 g/mol. The molecule has 2 rings (SSSR count). The maximum Gasteiger partial charge on any atom is 0.326 e. The van der Waals surface area contributed by atoms with Gasteiger partial charge in [-0.2, -0.15) is 0 Å². The first-order valence-electron chi connectivity index (χ1n) is 8.13. The molecule has 1 heterocycles. The first kappa shape index (κ1) is 18.6. The van der Waals surface area contributed by atoms with E-state index >= 15 is 0 Å². The van der Waals surface area contributed by atoms with Crippen LogP contribution < -0.4 is 10.6 Å². The summed E-state index contributed by atoms with van der Waals surface area (Å²) >= 11 is 0.